The van der Waals surface area contributed by atoms with Gasteiger partial charge in [-0.1, -0.05) is 29.8 Å². The van der Waals surface area contributed by atoms with Crippen LogP contribution in [0.4, 0.5) is 11.8 Å². The van der Waals surface area contributed by atoms with Gasteiger partial charge in [-0.3, -0.25) is 0 Å². The monoisotopic (exact) mass is 304 g/mol. The second kappa shape index (κ2) is 5.26. The van der Waals surface area contributed by atoms with E-state index in [9.17, 15) is 0 Å². The summed E-state index contributed by atoms with van der Waals surface area (Å²) in [6.07, 6.45) is 0. The molecule has 102 valence electrons. The lowest BCUT2D eigenvalue weighted by atomic mass is 10.1. The number of halogens is 1. The molecular formula is C14H13ClN4S. The SMILES string of the molecule is CC(Nc1nc(N)nc2sccc12)c1ccccc1Cl. The van der Waals surface area contributed by atoms with Crippen molar-refractivity contribution in [1.82, 2.24) is 9.97 Å². The summed E-state index contributed by atoms with van der Waals surface area (Å²) in [6, 6.07) is 9.77. The highest BCUT2D eigenvalue weighted by Crippen LogP contribution is 2.30. The first kappa shape index (κ1) is 13.1. The number of nitrogen functional groups attached to an aromatic ring is 1. The molecule has 2 heterocycles. The Hall–Kier alpha value is -1.85. The van der Waals surface area contributed by atoms with Crippen LogP contribution in [0, 0.1) is 0 Å². The maximum atomic E-state index is 6.22. The smallest absolute Gasteiger partial charge is 0.223 e. The third kappa shape index (κ3) is 2.42. The average molecular weight is 305 g/mol. The first-order valence-electron chi connectivity index (χ1n) is 6.17. The Balaban J connectivity index is 1.97. The summed E-state index contributed by atoms with van der Waals surface area (Å²) in [7, 11) is 0. The van der Waals surface area contributed by atoms with Crippen LogP contribution in [0.2, 0.25) is 5.02 Å². The van der Waals surface area contributed by atoms with Gasteiger partial charge >= 0.3 is 0 Å². The van der Waals surface area contributed by atoms with Gasteiger partial charge in [0.1, 0.15) is 10.6 Å². The van der Waals surface area contributed by atoms with Crippen molar-refractivity contribution in [3.8, 4) is 0 Å². The Bertz CT molecular complexity index is 756. The summed E-state index contributed by atoms with van der Waals surface area (Å²) < 4.78 is 0. The zero-order valence-electron chi connectivity index (χ0n) is 10.8. The Morgan fingerprint density at radius 2 is 2.05 bits per heavy atom. The van der Waals surface area contributed by atoms with Gasteiger partial charge in [0.15, 0.2) is 0 Å². The van der Waals surface area contributed by atoms with Crippen LogP contribution in [0.1, 0.15) is 18.5 Å². The zero-order chi connectivity index (χ0) is 14.1. The maximum Gasteiger partial charge on any atom is 0.223 e. The maximum absolute atomic E-state index is 6.22. The van der Waals surface area contributed by atoms with Crippen LogP contribution >= 0.6 is 22.9 Å². The van der Waals surface area contributed by atoms with Crippen LogP contribution in [-0.2, 0) is 0 Å². The van der Waals surface area contributed by atoms with Gasteiger partial charge in [-0.2, -0.15) is 4.98 Å². The molecule has 3 N–H and O–H groups in total. The molecule has 0 spiro atoms. The lowest BCUT2D eigenvalue weighted by molar-refractivity contribution is 0.877. The van der Waals surface area contributed by atoms with Crippen LogP contribution in [0.3, 0.4) is 0 Å². The van der Waals surface area contributed by atoms with Crippen LogP contribution in [-0.4, -0.2) is 9.97 Å². The lowest BCUT2D eigenvalue weighted by Crippen LogP contribution is -2.10. The highest BCUT2D eigenvalue weighted by molar-refractivity contribution is 7.16. The van der Waals surface area contributed by atoms with Crippen molar-refractivity contribution in [2.45, 2.75) is 13.0 Å². The van der Waals surface area contributed by atoms with Crippen LogP contribution < -0.4 is 11.1 Å². The van der Waals surface area contributed by atoms with E-state index in [0.717, 1.165) is 26.6 Å². The van der Waals surface area contributed by atoms with Crippen molar-refractivity contribution in [2.75, 3.05) is 11.1 Å². The fraction of sp³-hybridized carbons (Fsp3) is 0.143. The normalized spacial score (nSPS) is 12.5. The zero-order valence-corrected chi connectivity index (χ0v) is 12.4. The van der Waals surface area contributed by atoms with E-state index < -0.39 is 0 Å². The quantitative estimate of drug-likeness (QED) is 0.764. The topological polar surface area (TPSA) is 63.8 Å². The number of nitrogens with zero attached hydrogens (tertiary/aromatic N) is 2. The highest BCUT2D eigenvalue weighted by atomic mass is 35.5. The molecule has 4 nitrogen and oxygen atoms in total. The van der Waals surface area contributed by atoms with E-state index in [-0.39, 0.29) is 12.0 Å². The Morgan fingerprint density at radius 1 is 1.25 bits per heavy atom. The molecule has 0 saturated heterocycles. The van der Waals surface area contributed by atoms with E-state index in [1.54, 1.807) is 11.3 Å². The number of hydrogen-bond donors (Lipinski definition) is 2. The van der Waals surface area contributed by atoms with Crippen molar-refractivity contribution >= 4 is 44.9 Å². The summed E-state index contributed by atoms with van der Waals surface area (Å²) in [5.41, 5.74) is 6.77. The molecule has 0 saturated carbocycles. The van der Waals surface area contributed by atoms with E-state index in [4.69, 9.17) is 17.3 Å². The fourth-order valence-corrected chi connectivity index (χ4v) is 3.16. The average Bonchev–Trinajstić information content (AvgIpc) is 2.87. The second-order valence-corrected chi connectivity index (χ2v) is 5.76. The van der Waals surface area contributed by atoms with Crippen molar-refractivity contribution in [1.29, 1.82) is 0 Å². The minimum Gasteiger partial charge on any atom is -0.368 e. The first-order chi connectivity index (χ1) is 9.65. The van der Waals surface area contributed by atoms with E-state index >= 15 is 0 Å². The second-order valence-electron chi connectivity index (χ2n) is 4.46. The number of hydrogen-bond acceptors (Lipinski definition) is 5. The van der Waals surface area contributed by atoms with Crippen LogP contribution in [0.5, 0.6) is 0 Å². The Kier molecular flexibility index (Phi) is 3.46. The molecule has 1 unspecified atom stereocenters. The van der Waals surface area contributed by atoms with Gasteiger partial charge in [-0.15, -0.1) is 11.3 Å². The van der Waals surface area contributed by atoms with Gasteiger partial charge in [-0.05, 0) is 30.0 Å². The van der Waals surface area contributed by atoms with Crippen LogP contribution in [0.25, 0.3) is 10.2 Å². The molecule has 3 aromatic rings. The molecular weight excluding hydrogens is 292 g/mol. The third-order valence-electron chi connectivity index (χ3n) is 3.07. The minimum absolute atomic E-state index is 0.0288. The number of anilines is 2. The highest BCUT2D eigenvalue weighted by Gasteiger charge is 2.13. The molecule has 3 rings (SSSR count). The minimum atomic E-state index is 0.0288. The summed E-state index contributed by atoms with van der Waals surface area (Å²) in [6.45, 7) is 2.04. The van der Waals surface area contributed by atoms with Gasteiger partial charge in [-0.25, -0.2) is 4.98 Å². The predicted octanol–water partition coefficient (Wildman–Crippen LogP) is 4.10. The Labute approximate surface area is 125 Å². The summed E-state index contributed by atoms with van der Waals surface area (Å²) in [5, 5.41) is 7.04. The number of rotatable bonds is 3. The van der Waals surface area contributed by atoms with Crippen molar-refractivity contribution < 1.29 is 0 Å². The molecule has 0 aliphatic carbocycles. The van der Waals surface area contributed by atoms with Gasteiger partial charge in [0, 0.05) is 5.02 Å². The molecule has 0 amide bonds. The molecule has 1 atom stereocenters. The van der Waals surface area contributed by atoms with Crippen LogP contribution in [0.15, 0.2) is 35.7 Å². The van der Waals surface area contributed by atoms with Gasteiger partial charge < -0.3 is 11.1 Å². The van der Waals surface area contributed by atoms with E-state index in [0.29, 0.717) is 0 Å². The number of thiophene rings is 1. The van der Waals surface area contributed by atoms with E-state index in [1.807, 2.05) is 42.6 Å². The molecule has 6 heteroatoms. The fourth-order valence-electron chi connectivity index (χ4n) is 2.09. The first-order valence-corrected chi connectivity index (χ1v) is 7.42. The summed E-state index contributed by atoms with van der Waals surface area (Å²) in [4.78, 5) is 9.38. The van der Waals surface area contributed by atoms with Crippen molar-refractivity contribution in [2.24, 2.45) is 0 Å². The molecule has 1 aromatic carbocycles. The lowest BCUT2D eigenvalue weighted by Gasteiger charge is -2.17. The molecule has 2 aromatic heterocycles. The van der Waals surface area contributed by atoms with Crippen molar-refractivity contribution in [3.05, 3.63) is 46.3 Å². The van der Waals surface area contributed by atoms with E-state index in [2.05, 4.69) is 15.3 Å². The van der Waals surface area contributed by atoms with Gasteiger partial charge in [0.2, 0.25) is 5.95 Å². The van der Waals surface area contributed by atoms with Gasteiger partial charge in [0.05, 0.1) is 11.4 Å². The predicted molar refractivity (Wildman–Crippen MR) is 85.3 cm³/mol. The number of nitrogens with one attached hydrogen (secondary N) is 1. The standard InChI is InChI=1S/C14H13ClN4S/c1-8(9-4-2-3-5-11(9)15)17-12-10-6-7-20-13(10)19-14(16)18-12/h2-8H,1H3,(H3,16,17,18,19). The molecule has 20 heavy (non-hydrogen) atoms. The van der Waals surface area contributed by atoms with Gasteiger partial charge in [0.25, 0.3) is 0 Å². The molecule has 0 radical (unpaired) electrons. The number of nitrogens with two attached hydrogens (primary N) is 1. The largest absolute Gasteiger partial charge is 0.368 e. The Morgan fingerprint density at radius 3 is 2.85 bits per heavy atom. The third-order valence-corrected chi connectivity index (χ3v) is 4.22. The molecule has 0 bridgehead atoms. The number of aromatic nitrogens is 2. The number of fused-ring (bicyclic) bond motifs is 1. The van der Waals surface area contributed by atoms with E-state index in [1.165, 1.54) is 0 Å². The molecule has 0 aliphatic rings. The molecule has 0 fully saturated rings. The summed E-state index contributed by atoms with van der Waals surface area (Å²) in [5.74, 6) is 1.01. The summed E-state index contributed by atoms with van der Waals surface area (Å²) >= 11 is 7.76. The molecule has 0 aliphatic heterocycles. The van der Waals surface area contributed by atoms with Crippen molar-refractivity contribution in [3.63, 3.8) is 0 Å². The number of benzene rings is 1.